The predicted molar refractivity (Wildman–Crippen MR) is 92.2 cm³/mol. The van der Waals surface area contributed by atoms with Crippen molar-refractivity contribution < 1.29 is 9.53 Å². The summed E-state index contributed by atoms with van der Waals surface area (Å²) < 4.78 is 5.64. The van der Waals surface area contributed by atoms with E-state index in [-0.39, 0.29) is 5.91 Å². The van der Waals surface area contributed by atoms with Gasteiger partial charge in [-0.3, -0.25) is 4.79 Å². The van der Waals surface area contributed by atoms with Crippen LogP contribution in [0.4, 0.5) is 5.13 Å². The van der Waals surface area contributed by atoms with Gasteiger partial charge in [0.2, 0.25) is 5.91 Å². The van der Waals surface area contributed by atoms with Crippen molar-refractivity contribution in [2.45, 2.75) is 13.3 Å². The molecule has 0 spiro atoms. The van der Waals surface area contributed by atoms with Crippen molar-refractivity contribution in [1.82, 2.24) is 9.88 Å². The van der Waals surface area contributed by atoms with E-state index in [0.29, 0.717) is 13.0 Å². The zero-order chi connectivity index (χ0) is 16.1. The van der Waals surface area contributed by atoms with E-state index in [4.69, 9.17) is 4.74 Å². The minimum absolute atomic E-state index is 0.163. The predicted octanol–water partition coefficient (Wildman–Crippen LogP) is 2.57. The van der Waals surface area contributed by atoms with Crippen LogP contribution < -0.4 is 9.64 Å². The number of hydrogen-bond donors (Lipinski definition) is 0. The summed E-state index contributed by atoms with van der Waals surface area (Å²) in [6.45, 7) is 5.66. The molecule has 1 aromatic carbocycles. The lowest BCUT2D eigenvalue weighted by Crippen LogP contribution is -2.49. The number of hydrogen-bond acceptors (Lipinski definition) is 5. The second kappa shape index (κ2) is 7.46. The summed E-state index contributed by atoms with van der Waals surface area (Å²) in [5, 5.41) is 3.02. The van der Waals surface area contributed by atoms with Gasteiger partial charge in [-0.05, 0) is 19.1 Å². The van der Waals surface area contributed by atoms with Crippen LogP contribution in [0.2, 0.25) is 0 Å². The molecule has 1 aromatic heterocycles. The average molecular weight is 331 g/mol. The molecule has 1 saturated heterocycles. The molecule has 122 valence electrons. The summed E-state index contributed by atoms with van der Waals surface area (Å²) in [6, 6.07) is 7.89. The number of carbonyl (C=O) groups excluding carboxylic acids is 1. The maximum absolute atomic E-state index is 12.2. The first kappa shape index (κ1) is 15.8. The number of anilines is 1. The zero-order valence-corrected chi connectivity index (χ0v) is 14.1. The lowest BCUT2D eigenvalue weighted by atomic mass is 10.2. The summed E-state index contributed by atoms with van der Waals surface area (Å²) in [7, 11) is 0. The number of aromatic nitrogens is 1. The van der Waals surface area contributed by atoms with Crippen LogP contribution in [0.25, 0.3) is 0 Å². The first-order valence-corrected chi connectivity index (χ1v) is 8.72. The maximum Gasteiger partial charge on any atom is 0.226 e. The van der Waals surface area contributed by atoms with Crippen molar-refractivity contribution in [3.63, 3.8) is 0 Å². The fourth-order valence-corrected chi connectivity index (χ4v) is 3.26. The van der Waals surface area contributed by atoms with Crippen LogP contribution in [0, 0.1) is 6.92 Å². The monoisotopic (exact) mass is 331 g/mol. The number of amides is 1. The van der Waals surface area contributed by atoms with Crippen LogP contribution in [0.3, 0.4) is 0 Å². The Morgan fingerprint density at radius 1 is 1.22 bits per heavy atom. The van der Waals surface area contributed by atoms with E-state index >= 15 is 0 Å². The number of nitrogens with zero attached hydrogens (tertiary/aromatic N) is 3. The van der Waals surface area contributed by atoms with E-state index in [2.05, 4.69) is 9.88 Å². The van der Waals surface area contributed by atoms with E-state index in [9.17, 15) is 4.79 Å². The molecule has 0 unspecified atom stereocenters. The molecule has 1 aliphatic heterocycles. The molecule has 0 saturated carbocycles. The first-order chi connectivity index (χ1) is 11.2. The molecule has 1 amide bonds. The van der Waals surface area contributed by atoms with Crippen LogP contribution in [-0.4, -0.2) is 48.6 Å². The second-order valence-corrected chi connectivity index (χ2v) is 6.47. The highest BCUT2D eigenvalue weighted by molar-refractivity contribution is 7.13. The SMILES string of the molecule is Cc1ccc(OCCC(=O)N2CCN(c3nccs3)CC2)cc1. The number of aryl methyl sites for hydroxylation is 1. The molecule has 1 aliphatic rings. The fourth-order valence-electron chi connectivity index (χ4n) is 2.57. The third-order valence-corrected chi connectivity index (χ3v) is 4.76. The highest BCUT2D eigenvalue weighted by atomic mass is 32.1. The molecule has 0 N–H and O–H groups in total. The largest absolute Gasteiger partial charge is 0.493 e. The number of benzene rings is 1. The van der Waals surface area contributed by atoms with E-state index in [1.165, 1.54) is 5.56 Å². The van der Waals surface area contributed by atoms with Gasteiger partial charge in [0.15, 0.2) is 5.13 Å². The van der Waals surface area contributed by atoms with Crippen LogP contribution in [0.1, 0.15) is 12.0 Å². The average Bonchev–Trinajstić information content (AvgIpc) is 3.11. The molecule has 1 fully saturated rings. The van der Waals surface area contributed by atoms with Crippen molar-refractivity contribution in [3.8, 4) is 5.75 Å². The van der Waals surface area contributed by atoms with Gasteiger partial charge in [0.05, 0.1) is 13.0 Å². The number of piperazine rings is 1. The third-order valence-electron chi connectivity index (χ3n) is 3.93. The second-order valence-electron chi connectivity index (χ2n) is 5.59. The van der Waals surface area contributed by atoms with Gasteiger partial charge in [0.25, 0.3) is 0 Å². The highest BCUT2D eigenvalue weighted by Crippen LogP contribution is 2.19. The van der Waals surface area contributed by atoms with Gasteiger partial charge in [-0.1, -0.05) is 17.7 Å². The van der Waals surface area contributed by atoms with E-state index in [1.807, 2.05) is 47.7 Å². The van der Waals surface area contributed by atoms with Gasteiger partial charge in [0, 0.05) is 37.8 Å². The molecule has 6 heteroatoms. The maximum atomic E-state index is 12.2. The Morgan fingerprint density at radius 3 is 2.61 bits per heavy atom. The van der Waals surface area contributed by atoms with Crippen LogP contribution >= 0.6 is 11.3 Å². The number of thiazole rings is 1. The number of ether oxygens (including phenoxy) is 1. The Labute approximate surface area is 140 Å². The minimum atomic E-state index is 0.163. The van der Waals surface area contributed by atoms with Crippen LogP contribution in [0.5, 0.6) is 5.75 Å². The molecule has 0 aliphatic carbocycles. The zero-order valence-electron chi connectivity index (χ0n) is 13.3. The third kappa shape index (κ3) is 4.22. The Balaban J connectivity index is 1.40. The molecular formula is C17H21N3O2S. The molecule has 0 bridgehead atoms. The van der Waals surface area contributed by atoms with Crippen molar-refractivity contribution in [3.05, 3.63) is 41.4 Å². The Bertz CT molecular complexity index is 620. The standard InChI is InChI=1S/C17H21N3O2S/c1-14-2-4-15(5-3-14)22-12-6-16(21)19-8-10-20(11-9-19)17-18-7-13-23-17/h2-5,7,13H,6,8-12H2,1H3. The van der Waals surface area contributed by atoms with Gasteiger partial charge in [-0.2, -0.15) is 0 Å². The van der Waals surface area contributed by atoms with E-state index in [1.54, 1.807) is 11.3 Å². The number of carbonyl (C=O) groups is 1. The molecule has 2 aromatic rings. The highest BCUT2D eigenvalue weighted by Gasteiger charge is 2.22. The van der Waals surface area contributed by atoms with E-state index < -0.39 is 0 Å². The van der Waals surface area contributed by atoms with Crippen LogP contribution in [0.15, 0.2) is 35.8 Å². The normalized spacial score (nSPS) is 14.8. The van der Waals surface area contributed by atoms with Gasteiger partial charge in [0.1, 0.15) is 5.75 Å². The van der Waals surface area contributed by atoms with Crippen molar-refractivity contribution >= 4 is 22.4 Å². The Hall–Kier alpha value is -2.08. The number of rotatable bonds is 5. The van der Waals surface area contributed by atoms with E-state index in [0.717, 1.165) is 37.1 Å². The minimum Gasteiger partial charge on any atom is -0.493 e. The summed E-state index contributed by atoms with van der Waals surface area (Å²) in [4.78, 5) is 20.7. The Kier molecular flexibility index (Phi) is 5.12. The summed E-state index contributed by atoms with van der Waals surface area (Å²) >= 11 is 1.64. The molecule has 5 nitrogen and oxygen atoms in total. The summed E-state index contributed by atoms with van der Waals surface area (Å²) in [5.74, 6) is 0.980. The van der Waals surface area contributed by atoms with Crippen molar-refractivity contribution in [1.29, 1.82) is 0 Å². The van der Waals surface area contributed by atoms with Crippen LogP contribution in [-0.2, 0) is 4.79 Å². The van der Waals surface area contributed by atoms with Gasteiger partial charge < -0.3 is 14.5 Å². The smallest absolute Gasteiger partial charge is 0.226 e. The first-order valence-electron chi connectivity index (χ1n) is 7.84. The summed E-state index contributed by atoms with van der Waals surface area (Å²) in [5.41, 5.74) is 1.20. The van der Waals surface area contributed by atoms with Gasteiger partial charge >= 0.3 is 0 Å². The quantitative estimate of drug-likeness (QED) is 0.845. The summed E-state index contributed by atoms with van der Waals surface area (Å²) in [6.07, 6.45) is 2.24. The topological polar surface area (TPSA) is 45.7 Å². The van der Waals surface area contributed by atoms with Gasteiger partial charge in [-0.15, -0.1) is 11.3 Å². The molecule has 0 radical (unpaired) electrons. The van der Waals surface area contributed by atoms with Crippen molar-refractivity contribution in [2.24, 2.45) is 0 Å². The molecule has 3 rings (SSSR count). The molecule has 23 heavy (non-hydrogen) atoms. The lowest BCUT2D eigenvalue weighted by molar-refractivity contribution is -0.132. The fraction of sp³-hybridized carbons (Fsp3) is 0.412. The molecular weight excluding hydrogens is 310 g/mol. The Morgan fingerprint density at radius 2 is 1.96 bits per heavy atom. The van der Waals surface area contributed by atoms with Crippen molar-refractivity contribution in [2.75, 3.05) is 37.7 Å². The lowest BCUT2D eigenvalue weighted by Gasteiger charge is -2.34. The van der Waals surface area contributed by atoms with Gasteiger partial charge in [-0.25, -0.2) is 4.98 Å². The molecule has 2 heterocycles. The molecule has 0 atom stereocenters.